The van der Waals surface area contributed by atoms with E-state index in [1.54, 1.807) is 6.07 Å². The number of likely N-dealkylation sites (tertiary alicyclic amines) is 1. The first-order valence-corrected chi connectivity index (χ1v) is 9.05. The molecule has 3 rings (SSSR count). The van der Waals surface area contributed by atoms with Crippen molar-refractivity contribution in [1.82, 2.24) is 15.1 Å². The van der Waals surface area contributed by atoms with Crippen LogP contribution < -0.4 is 5.32 Å². The number of halogens is 2. The molecule has 6 heteroatoms. The summed E-state index contributed by atoms with van der Waals surface area (Å²) >= 11 is 11.9. The average molecular weight is 356 g/mol. The summed E-state index contributed by atoms with van der Waals surface area (Å²) in [5.74, 6) is 0.244. The van der Waals surface area contributed by atoms with E-state index in [1.807, 2.05) is 17.0 Å². The molecule has 1 aromatic rings. The van der Waals surface area contributed by atoms with Crippen LogP contribution in [0.1, 0.15) is 18.4 Å². The SMILES string of the molecule is O=C(CCc1ccc(Cl)c(Cl)c1)N1CCC(N2CCNCC2)C1. The zero-order valence-corrected chi connectivity index (χ0v) is 14.7. The van der Waals surface area contributed by atoms with Crippen LogP contribution in [-0.4, -0.2) is 61.0 Å². The fraction of sp³-hybridized carbons (Fsp3) is 0.588. The lowest BCUT2D eigenvalue weighted by atomic mass is 10.1. The summed E-state index contributed by atoms with van der Waals surface area (Å²) in [4.78, 5) is 17.0. The van der Waals surface area contributed by atoms with Gasteiger partial charge in [-0.25, -0.2) is 0 Å². The molecule has 0 aliphatic carbocycles. The van der Waals surface area contributed by atoms with E-state index in [-0.39, 0.29) is 5.91 Å². The monoisotopic (exact) mass is 355 g/mol. The second kappa shape index (κ2) is 7.84. The first kappa shape index (κ1) is 17.0. The van der Waals surface area contributed by atoms with Gasteiger partial charge in [0.1, 0.15) is 0 Å². The van der Waals surface area contributed by atoms with Gasteiger partial charge in [0, 0.05) is 51.7 Å². The van der Waals surface area contributed by atoms with Gasteiger partial charge in [0.2, 0.25) is 5.91 Å². The van der Waals surface area contributed by atoms with Gasteiger partial charge in [-0.2, -0.15) is 0 Å². The lowest BCUT2D eigenvalue weighted by molar-refractivity contribution is -0.130. The van der Waals surface area contributed by atoms with E-state index in [0.29, 0.717) is 28.9 Å². The van der Waals surface area contributed by atoms with E-state index >= 15 is 0 Å². The van der Waals surface area contributed by atoms with Crippen molar-refractivity contribution in [2.45, 2.75) is 25.3 Å². The average Bonchev–Trinajstić information content (AvgIpc) is 3.06. The molecule has 126 valence electrons. The van der Waals surface area contributed by atoms with E-state index in [1.165, 1.54) is 0 Å². The normalized spacial score (nSPS) is 22.5. The second-order valence-corrected chi connectivity index (χ2v) is 7.13. The Balaban J connectivity index is 1.48. The predicted octanol–water partition coefficient (Wildman–Crippen LogP) is 2.43. The van der Waals surface area contributed by atoms with E-state index in [4.69, 9.17) is 23.2 Å². The Bertz CT molecular complexity index is 561. The molecule has 2 aliphatic rings. The number of amides is 1. The van der Waals surface area contributed by atoms with Crippen LogP contribution in [0.3, 0.4) is 0 Å². The maximum atomic E-state index is 12.4. The number of hydrogen-bond acceptors (Lipinski definition) is 3. The lowest BCUT2D eigenvalue weighted by Crippen LogP contribution is -2.49. The molecule has 0 radical (unpaired) electrons. The number of benzene rings is 1. The van der Waals surface area contributed by atoms with Crippen molar-refractivity contribution in [2.24, 2.45) is 0 Å². The van der Waals surface area contributed by atoms with Gasteiger partial charge in [0.25, 0.3) is 0 Å². The van der Waals surface area contributed by atoms with Gasteiger partial charge in [-0.3, -0.25) is 9.69 Å². The molecule has 0 bridgehead atoms. The van der Waals surface area contributed by atoms with Gasteiger partial charge in [0.15, 0.2) is 0 Å². The van der Waals surface area contributed by atoms with E-state index in [2.05, 4.69) is 10.2 Å². The van der Waals surface area contributed by atoms with Crippen LogP contribution in [0.2, 0.25) is 10.0 Å². The summed E-state index contributed by atoms with van der Waals surface area (Å²) in [5, 5.41) is 4.48. The first-order valence-electron chi connectivity index (χ1n) is 8.30. The van der Waals surface area contributed by atoms with Crippen LogP contribution in [0.25, 0.3) is 0 Å². The number of hydrogen-bond donors (Lipinski definition) is 1. The maximum absolute atomic E-state index is 12.4. The van der Waals surface area contributed by atoms with Crippen molar-refractivity contribution in [3.05, 3.63) is 33.8 Å². The molecule has 1 unspecified atom stereocenters. The van der Waals surface area contributed by atoms with Gasteiger partial charge in [-0.15, -0.1) is 0 Å². The molecule has 2 aliphatic heterocycles. The zero-order chi connectivity index (χ0) is 16.2. The molecule has 2 saturated heterocycles. The van der Waals surface area contributed by atoms with Gasteiger partial charge < -0.3 is 10.2 Å². The van der Waals surface area contributed by atoms with Crippen LogP contribution in [0.15, 0.2) is 18.2 Å². The molecule has 0 saturated carbocycles. The second-order valence-electron chi connectivity index (χ2n) is 6.32. The van der Waals surface area contributed by atoms with E-state index < -0.39 is 0 Å². The minimum atomic E-state index is 0.244. The highest BCUT2D eigenvalue weighted by molar-refractivity contribution is 6.42. The van der Waals surface area contributed by atoms with Crippen molar-refractivity contribution < 1.29 is 4.79 Å². The highest BCUT2D eigenvalue weighted by Gasteiger charge is 2.30. The van der Waals surface area contributed by atoms with Crippen molar-refractivity contribution in [2.75, 3.05) is 39.3 Å². The molecule has 2 heterocycles. The maximum Gasteiger partial charge on any atom is 0.222 e. The quantitative estimate of drug-likeness (QED) is 0.900. The Labute approximate surface area is 147 Å². The van der Waals surface area contributed by atoms with Gasteiger partial charge in [-0.1, -0.05) is 29.3 Å². The summed E-state index contributed by atoms with van der Waals surface area (Å²) in [5.41, 5.74) is 1.06. The number of nitrogens with zero attached hydrogens (tertiary/aromatic N) is 2. The Morgan fingerprint density at radius 3 is 2.70 bits per heavy atom. The van der Waals surface area contributed by atoms with Gasteiger partial charge >= 0.3 is 0 Å². The van der Waals surface area contributed by atoms with Gasteiger partial charge in [0.05, 0.1) is 10.0 Å². The molecule has 23 heavy (non-hydrogen) atoms. The lowest BCUT2D eigenvalue weighted by Gasteiger charge is -2.32. The zero-order valence-electron chi connectivity index (χ0n) is 13.2. The fourth-order valence-corrected chi connectivity index (χ4v) is 3.74. The summed E-state index contributed by atoms with van der Waals surface area (Å²) in [6.45, 7) is 6.06. The first-order chi connectivity index (χ1) is 11.1. The number of aryl methyl sites for hydroxylation is 1. The van der Waals surface area contributed by atoms with E-state index in [9.17, 15) is 4.79 Å². The molecule has 2 fully saturated rings. The number of piperazine rings is 1. The largest absolute Gasteiger partial charge is 0.341 e. The summed E-state index contributed by atoms with van der Waals surface area (Å²) in [6.07, 6.45) is 2.34. The third kappa shape index (κ3) is 4.38. The smallest absolute Gasteiger partial charge is 0.222 e. The Morgan fingerprint density at radius 2 is 1.96 bits per heavy atom. The number of rotatable bonds is 4. The van der Waals surface area contributed by atoms with Crippen LogP contribution in [-0.2, 0) is 11.2 Å². The third-order valence-corrected chi connectivity index (χ3v) is 5.53. The van der Waals surface area contributed by atoms with Crippen LogP contribution in [0.4, 0.5) is 0 Å². The van der Waals surface area contributed by atoms with Crippen molar-refractivity contribution in [1.29, 1.82) is 0 Å². The Kier molecular flexibility index (Phi) is 5.81. The molecular weight excluding hydrogens is 333 g/mol. The standard InChI is InChI=1S/C17H23Cl2N3O/c18-15-3-1-13(11-16(15)19)2-4-17(23)22-8-5-14(12-22)21-9-6-20-7-10-21/h1,3,11,14,20H,2,4-10,12H2. The Hall–Kier alpha value is -0.810. The number of nitrogens with one attached hydrogen (secondary N) is 1. The molecule has 0 aromatic heterocycles. The van der Waals surface area contributed by atoms with Crippen molar-refractivity contribution >= 4 is 29.1 Å². The van der Waals surface area contributed by atoms with Crippen molar-refractivity contribution in [3.8, 4) is 0 Å². The van der Waals surface area contributed by atoms with Crippen LogP contribution in [0, 0.1) is 0 Å². The molecule has 1 atom stereocenters. The minimum Gasteiger partial charge on any atom is -0.341 e. The molecule has 1 amide bonds. The van der Waals surface area contributed by atoms with Gasteiger partial charge in [-0.05, 0) is 30.5 Å². The van der Waals surface area contributed by atoms with Crippen LogP contribution in [0.5, 0.6) is 0 Å². The molecule has 4 nitrogen and oxygen atoms in total. The fourth-order valence-electron chi connectivity index (χ4n) is 3.42. The topological polar surface area (TPSA) is 35.6 Å². The van der Waals surface area contributed by atoms with E-state index in [0.717, 1.165) is 51.3 Å². The summed E-state index contributed by atoms with van der Waals surface area (Å²) < 4.78 is 0. The highest BCUT2D eigenvalue weighted by Crippen LogP contribution is 2.23. The predicted molar refractivity (Wildman–Crippen MR) is 94.2 cm³/mol. The summed E-state index contributed by atoms with van der Waals surface area (Å²) in [7, 11) is 0. The molecule has 0 spiro atoms. The summed E-state index contributed by atoms with van der Waals surface area (Å²) in [6, 6.07) is 6.12. The number of carbonyl (C=O) groups is 1. The highest BCUT2D eigenvalue weighted by atomic mass is 35.5. The van der Waals surface area contributed by atoms with Crippen molar-refractivity contribution in [3.63, 3.8) is 0 Å². The minimum absolute atomic E-state index is 0.244. The molecule has 1 aromatic carbocycles. The Morgan fingerprint density at radius 1 is 1.17 bits per heavy atom. The third-order valence-electron chi connectivity index (χ3n) is 4.80. The van der Waals surface area contributed by atoms with Crippen LogP contribution >= 0.6 is 23.2 Å². The molecular formula is C17H23Cl2N3O. The number of carbonyl (C=O) groups excluding carboxylic acids is 1. The molecule has 1 N–H and O–H groups in total.